The average Bonchev–Trinajstić information content (AvgIpc) is 2.69. The van der Waals surface area contributed by atoms with Crippen LogP contribution in [0.25, 0.3) is 0 Å². The SMILES string of the molecule is COc1ccc(OC)c(NC(=O)Nc2ccc(N3CCCCC3)cc2)c1. The lowest BCUT2D eigenvalue weighted by atomic mass is 10.1. The Hall–Kier alpha value is -2.89. The highest BCUT2D eigenvalue weighted by atomic mass is 16.5. The molecule has 1 heterocycles. The van der Waals surface area contributed by atoms with Gasteiger partial charge in [0.15, 0.2) is 0 Å². The van der Waals surface area contributed by atoms with Crippen LogP contribution in [0.4, 0.5) is 21.9 Å². The second-order valence-corrected chi connectivity index (χ2v) is 6.24. The van der Waals surface area contributed by atoms with Crippen LogP contribution in [0.15, 0.2) is 42.5 Å². The molecule has 0 aliphatic carbocycles. The van der Waals surface area contributed by atoms with Crippen molar-refractivity contribution in [2.45, 2.75) is 19.3 Å². The number of carbonyl (C=O) groups excluding carboxylic acids is 1. The van der Waals surface area contributed by atoms with E-state index in [9.17, 15) is 4.79 Å². The molecule has 0 aromatic heterocycles. The number of nitrogens with one attached hydrogen (secondary N) is 2. The zero-order valence-electron chi connectivity index (χ0n) is 15.2. The average molecular weight is 355 g/mol. The van der Waals surface area contributed by atoms with E-state index in [1.54, 1.807) is 32.4 Å². The van der Waals surface area contributed by atoms with Gasteiger partial charge >= 0.3 is 6.03 Å². The van der Waals surface area contributed by atoms with E-state index in [4.69, 9.17) is 9.47 Å². The molecule has 0 spiro atoms. The molecule has 0 unspecified atom stereocenters. The van der Waals surface area contributed by atoms with Crippen molar-refractivity contribution < 1.29 is 14.3 Å². The van der Waals surface area contributed by atoms with E-state index in [1.807, 2.05) is 24.3 Å². The lowest BCUT2D eigenvalue weighted by Gasteiger charge is -2.28. The molecule has 3 rings (SSSR count). The third-order valence-corrected chi connectivity index (χ3v) is 4.50. The Morgan fingerprint density at radius 1 is 0.923 bits per heavy atom. The summed E-state index contributed by atoms with van der Waals surface area (Å²) in [6, 6.07) is 12.9. The fourth-order valence-corrected chi connectivity index (χ4v) is 3.10. The number of hydrogen-bond donors (Lipinski definition) is 2. The minimum Gasteiger partial charge on any atom is -0.497 e. The minimum atomic E-state index is -0.331. The number of urea groups is 1. The van der Waals surface area contributed by atoms with Gasteiger partial charge in [0.2, 0.25) is 0 Å². The molecule has 26 heavy (non-hydrogen) atoms. The second kappa shape index (κ2) is 8.47. The number of piperidine rings is 1. The molecule has 6 nitrogen and oxygen atoms in total. The van der Waals surface area contributed by atoms with Crippen molar-refractivity contribution in [3.05, 3.63) is 42.5 Å². The number of anilines is 3. The summed E-state index contributed by atoms with van der Waals surface area (Å²) < 4.78 is 10.5. The Morgan fingerprint density at radius 2 is 1.65 bits per heavy atom. The molecule has 0 radical (unpaired) electrons. The molecule has 0 bridgehead atoms. The van der Waals surface area contributed by atoms with Gasteiger partial charge in [0.25, 0.3) is 0 Å². The largest absolute Gasteiger partial charge is 0.497 e. The molecule has 1 saturated heterocycles. The highest BCUT2D eigenvalue weighted by Crippen LogP contribution is 2.29. The van der Waals surface area contributed by atoms with E-state index < -0.39 is 0 Å². The van der Waals surface area contributed by atoms with Crippen molar-refractivity contribution in [1.82, 2.24) is 0 Å². The Bertz CT molecular complexity index is 740. The highest BCUT2D eigenvalue weighted by Gasteiger charge is 2.12. The van der Waals surface area contributed by atoms with Crippen molar-refractivity contribution in [2.75, 3.05) is 42.8 Å². The molecule has 2 aromatic rings. The van der Waals surface area contributed by atoms with Gasteiger partial charge in [-0.2, -0.15) is 0 Å². The van der Waals surface area contributed by atoms with E-state index in [2.05, 4.69) is 15.5 Å². The first-order valence-electron chi connectivity index (χ1n) is 8.84. The Morgan fingerprint density at radius 3 is 2.31 bits per heavy atom. The Kier molecular flexibility index (Phi) is 5.84. The van der Waals surface area contributed by atoms with Crippen molar-refractivity contribution >= 4 is 23.1 Å². The molecule has 6 heteroatoms. The Balaban J connectivity index is 1.63. The molecule has 0 atom stereocenters. The first-order chi connectivity index (χ1) is 12.7. The molecule has 2 aromatic carbocycles. The smallest absolute Gasteiger partial charge is 0.323 e. The molecular formula is C20H25N3O3. The number of ether oxygens (including phenoxy) is 2. The van der Waals surface area contributed by atoms with E-state index in [1.165, 1.54) is 24.9 Å². The van der Waals surface area contributed by atoms with E-state index in [0.29, 0.717) is 17.2 Å². The van der Waals surface area contributed by atoms with Crippen LogP contribution in [-0.2, 0) is 0 Å². The maximum atomic E-state index is 12.3. The van der Waals surface area contributed by atoms with E-state index in [-0.39, 0.29) is 6.03 Å². The fraction of sp³-hybridized carbons (Fsp3) is 0.350. The Labute approximate surface area is 154 Å². The molecule has 2 N–H and O–H groups in total. The molecule has 2 amide bonds. The van der Waals surface area contributed by atoms with Crippen LogP contribution < -0.4 is 25.0 Å². The van der Waals surface area contributed by atoms with Crippen molar-refractivity contribution in [2.24, 2.45) is 0 Å². The standard InChI is InChI=1S/C20H25N3O3/c1-25-17-10-11-19(26-2)18(14-17)22-20(24)21-15-6-8-16(9-7-15)23-12-4-3-5-13-23/h6-11,14H,3-5,12-13H2,1-2H3,(H2,21,22,24). The number of benzene rings is 2. The van der Waals surface area contributed by atoms with Crippen molar-refractivity contribution in [1.29, 1.82) is 0 Å². The summed E-state index contributed by atoms with van der Waals surface area (Å²) in [7, 11) is 3.14. The molecular weight excluding hydrogens is 330 g/mol. The molecule has 1 aliphatic rings. The highest BCUT2D eigenvalue weighted by molar-refractivity contribution is 6.00. The number of methoxy groups -OCH3 is 2. The minimum absolute atomic E-state index is 0.331. The third kappa shape index (κ3) is 4.39. The van der Waals surface area contributed by atoms with Crippen LogP contribution in [0.2, 0.25) is 0 Å². The number of hydrogen-bond acceptors (Lipinski definition) is 4. The zero-order chi connectivity index (χ0) is 18.4. The summed E-state index contributed by atoms with van der Waals surface area (Å²) in [4.78, 5) is 14.7. The lowest BCUT2D eigenvalue weighted by molar-refractivity contribution is 0.262. The summed E-state index contributed by atoms with van der Waals surface area (Å²) in [5.74, 6) is 1.22. The van der Waals surface area contributed by atoms with Crippen LogP contribution >= 0.6 is 0 Å². The topological polar surface area (TPSA) is 62.8 Å². The van der Waals surface area contributed by atoms with E-state index in [0.717, 1.165) is 18.8 Å². The van der Waals surface area contributed by atoms with Gasteiger partial charge in [-0.25, -0.2) is 4.79 Å². The van der Waals surface area contributed by atoms with Crippen LogP contribution in [0, 0.1) is 0 Å². The summed E-state index contributed by atoms with van der Waals surface area (Å²) in [5, 5.41) is 5.64. The van der Waals surface area contributed by atoms with Gasteiger partial charge in [-0.3, -0.25) is 0 Å². The molecule has 138 valence electrons. The van der Waals surface area contributed by atoms with Crippen LogP contribution in [0.1, 0.15) is 19.3 Å². The predicted octanol–water partition coefficient (Wildman–Crippen LogP) is 4.34. The van der Waals surface area contributed by atoms with Gasteiger partial charge in [0.05, 0.1) is 19.9 Å². The van der Waals surface area contributed by atoms with Gasteiger partial charge in [0, 0.05) is 30.5 Å². The van der Waals surface area contributed by atoms with Crippen LogP contribution in [0.5, 0.6) is 11.5 Å². The zero-order valence-corrected chi connectivity index (χ0v) is 15.2. The number of carbonyl (C=O) groups is 1. The maximum Gasteiger partial charge on any atom is 0.323 e. The van der Waals surface area contributed by atoms with Crippen molar-refractivity contribution in [3.63, 3.8) is 0 Å². The number of nitrogens with zero attached hydrogens (tertiary/aromatic N) is 1. The van der Waals surface area contributed by atoms with Gasteiger partial charge in [-0.1, -0.05) is 0 Å². The molecule has 1 aliphatic heterocycles. The van der Waals surface area contributed by atoms with Gasteiger partial charge in [0.1, 0.15) is 11.5 Å². The second-order valence-electron chi connectivity index (χ2n) is 6.24. The molecule has 1 fully saturated rings. The monoisotopic (exact) mass is 355 g/mol. The summed E-state index contributed by atoms with van der Waals surface area (Å²) >= 11 is 0. The first-order valence-corrected chi connectivity index (χ1v) is 8.84. The number of rotatable bonds is 5. The quantitative estimate of drug-likeness (QED) is 0.837. The summed E-state index contributed by atoms with van der Waals surface area (Å²) in [5.41, 5.74) is 2.49. The van der Waals surface area contributed by atoms with Gasteiger partial charge in [-0.15, -0.1) is 0 Å². The normalized spacial score (nSPS) is 13.8. The van der Waals surface area contributed by atoms with Crippen molar-refractivity contribution in [3.8, 4) is 11.5 Å². The fourth-order valence-electron chi connectivity index (χ4n) is 3.10. The van der Waals surface area contributed by atoms with Gasteiger partial charge < -0.3 is 25.0 Å². The number of amides is 2. The summed E-state index contributed by atoms with van der Waals surface area (Å²) in [6.07, 6.45) is 3.79. The molecule has 0 saturated carbocycles. The maximum absolute atomic E-state index is 12.3. The predicted molar refractivity (Wildman–Crippen MR) is 105 cm³/mol. The van der Waals surface area contributed by atoms with Gasteiger partial charge in [-0.05, 0) is 55.7 Å². The lowest BCUT2D eigenvalue weighted by Crippen LogP contribution is -2.29. The summed E-state index contributed by atoms with van der Waals surface area (Å²) in [6.45, 7) is 2.20. The first kappa shape index (κ1) is 17.9. The van der Waals surface area contributed by atoms with E-state index >= 15 is 0 Å². The van der Waals surface area contributed by atoms with Crippen LogP contribution in [0.3, 0.4) is 0 Å². The third-order valence-electron chi connectivity index (χ3n) is 4.50. The van der Waals surface area contributed by atoms with Crippen LogP contribution in [-0.4, -0.2) is 33.3 Å².